The quantitative estimate of drug-likeness (QED) is 0.308. The number of nitrogens with one attached hydrogen (secondary N) is 3. The molecule has 3 rings (SSSR count). The Morgan fingerprint density at radius 2 is 1.79 bits per heavy atom. The van der Waals surface area contributed by atoms with Crippen molar-refractivity contribution in [3.8, 4) is 0 Å². The molecule has 0 bridgehead atoms. The van der Waals surface area contributed by atoms with Gasteiger partial charge in [-0.05, 0) is 31.5 Å². The summed E-state index contributed by atoms with van der Waals surface area (Å²) in [5.41, 5.74) is 2.93. The highest BCUT2D eigenvalue weighted by Gasteiger charge is 2.15. The summed E-state index contributed by atoms with van der Waals surface area (Å²) in [5.74, 6) is -0.514. The Labute approximate surface area is 199 Å². The van der Waals surface area contributed by atoms with Gasteiger partial charge >= 0.3 is 6.09 Å². The molecule has 0 fully saturated rings. The lowest BCUT2D eigenvalue weighted by atomic mass is 10.1. The van der Waals surface area contributed by atoms with E-state index in [-0.39, 0.29) is 29.3 Å². The van der Waals surface area contributed by atoms with Gasteiger partial charge in [0.05, 0.1) is 23.6 Å². The summed E-state index contributed by atoms with van der Waals surface area (Å²) in [5, 5.41) is 16.2. The lowest BCUT2D eigenvalue weighted by molar-refractivity contribution is -0.113. The normalized spacial score (nSPS) is 10.4. The van der Waals surface area contributed by atoms with E-state index in [0.717, 1.165) is 22.5 Å². The molecule has 0 radical (unpaired) electrons. The average Bonchev–Trinajstić information content (AvgIpc) is 3.25. The lowest BCUT2D eigenvalue weighted by Gasteiger charge is -2.11. The van der Waals surface area contributed by atoms with E-state index in [2.05, 4.69) is 26.1 Å². The number of aromatic nitrogens is 2. The molecule has 0 saturated heterocycles. The maximum absolute atomic E-state index is 12.7. The summed E-state index contributed by atoms with van der Waals surface area (Å²) in [7, 11) is 0. The minimum absolute atomic E-state index is 0.0629. The van der Waals surface area contributed by atoms with Crippen LogP contribution >= 0.6 is 23.1 Å². The van der Waals surface area contributed by atoms with Crippen molar-refractivity contribution < 1.29 is 19.1 Å². The molecule has 1 heterocycles. The van der Waals surface area contributed by atoms with E-state index in [0.29, 0.717) is 22.1 Å². The molecular weight excluding hydrogens is 462 g/mol. The van der Waals surface area contributed by atoms with Gasteiger partial charge in [0.15, 0.2) is 4.34 Å². The van der Waals surface area contributed by atoms with Crippen molar-refractivity contribution in [2.75, 3.05) is 23.0 Å². The lowest BCUT2D eigenvalue weighted by Crippen LogP contribution is -2.25. The second kappa shape index (κ2) is 12.0. The van der Waals surface area contributed by atoms with Gasteiger partial charge in [0, 0.05) is 6.54 Å². The van der Waals surface area contributed by atoms with Gasteiger partial charge in [-0.25, -0.2) is 4.79 Å². The average molecular weight is 486 g/mol. The zero-order chi connectivity index (χ0) is 23.6. The summed E-state index contributed by atoms with van der Waals surface area (Å²) in [6, 6.07) is 14.7. The van der Waals surface area contributed by atoms with Crippen LogP contribution in [0, 0.1) is 6.92 Å². The number of carbonyl (C=O) groups is 3. The first-order valence-corrected chi connectivity index (χ1v) is 11.9. The van der Waals surface area contributed by atoms with E-state index in [1.54, 1.807) is 31.2 Å². The van der Waals surface area contributed by atoms with Gasteiger partial charge in [0.25, 0.3) is 5.91 Å². The summed E-state index contributed by atoms with van der Waals surface area (Å²) < 4.78 is 5.30. The molecule has 3 aromatic rings. The Kier molecular flexibility index (Phi) is 8.79. The number of hydrogen-bond acceptors (Lipinski definition) is 8. The molecule has 0 aliphatic heterocycles. The standard InChI is InChI=1S/C22H23N5O4S2/c1-3-31-21(30)25-20-26-27-22(33-20)32-13-18(28)24-17-7-5-4-6-16(17)19(29)23-12-15-10-8-14(2)9-11-15/h4-11H,3,12-13H2,1-2H3,(H,23,29)(H,24,28)(H,25,26,30). The number of rotatable bonds is 9. The van der Waals surface area contributed by atoms with Gasteiger partial charge in [-0.15, -0.1) is 10.2 Å². The van der Waals surface area contributed by atoms with Crippen molar-refractivity contribution in [3.05, 3.63) is 65.2 Å². The van der Waals surface area contributed by atoms with Gasteiger partial charge in [-0.3, -0.25) is 14.9 Å². The van der Waals surface area contributed by atoms with Crippen molar-refractivity contribution in [1.82, 2.24) is 15.5 Å². The topological polar surface area (TPSA) is 122 Å². The fourth-order valence-electron chi connectivity index (χ4n) is 2.66. The number of nitrogens with zero attached hydrogens (tertiary/aromatic N) is 2. The molecule has 0 aliphatic carbocycles. The van der Waals surface area contributed by atoms with Crippen LogP contribution in [0.25, 0.3) is 0 Å². The van der Waals surface area contributed by atoms with Gasteiger partial charge in [-0.2, -0.15) is 0 Å². The van der Waals surface area contributed by atoms with E-state index < -0.39 is 6.09 Å². The highest BCUT2D eigenvalue weighted by molar-refractivity contribution is 8.01. The number of aryl methyl sites for hydroxylation is 1. The minimum atomic E-state index is -0.611. The summed E-state index contributed by atoms with van der Waals surface area (Å²) in [6.45, 7) is 4.34. The largest absolute Gasteiger partial charge is 0.450 e. The number of hydrogen-bond donors (Lipinski definition) is 3. The Hall–Kier alpha value is -3.44. The predicted molar refractivity (Wildman–Crippen MR) is 129 cm³/mol. The molecule has 3 N–H and O–H groups in total. The molecule has 0 saturated carbocycles. The van der Waals surface area contributed by atoms with Crippen molar-refractivity contribution >= 4 is 51.8 Å². The van der Waals surface area contributed by atoms with Gasteiger partial charge < -0.3 is 15.4 Å². The number of para-hydroxylation sites is 1. The van der Waals surface area contributed by atoms with Crippen LogP contribution in [0.4, 0.5) is 15.6 Å². The van der Waals surface area contributed by atoms with Crippen LogP contribution in [0.5, 0.6) is 0 Å². The van der Waals surface area contributed by atoms with Gasteiger partial charge in [0.1, 0.15) is 0 Å². The summed E-state index contributed by atoms with van der Waals surface area (Å²) in [4.78, 5) is 36.5. The second-order valence-corrected chi connectivity index (χ2v) is 8.97. The Morgan fingerprint density at radius 3 is 2.55 bits per heavy atom. The fourth-order valence-corrected chi connectivity index (χ4v) is 4.20. The third-order valence-electron chi connectivity index (χ3n) is 4.24. The Morgan fingerprint density at radius 1 is 1.03 bits per heavy atom. The number of carbonyl (C=O) groups excluding carboxylic acids is 3. The number of anilines is 2. The summed E-state index contributed by atoms with van der Waals surface area (Å²) in [6.07, 6.45) is -0.611. The van der Waals surface area contributed by atoms with Crippen molar-refractivity contribution in [2.45, 2.75) is 24.7 Å². The van der Waals surface area contributed by atoms with Crippen molar-refractivity contribution in [2.24, 2.45) is 0 Å². The van der Waals surface area contributed by atoms with Gasteiger partial charge in [-0.1, -0.05) is 65.1 Å². The molecule has 2 aromatic carbocycles. The predicted octanol–water partition coefficient (Wildman–Crippen LogP) is 4.08. The smallest absolute Gasteiger partial charge is 0.413 e. The molecule has 3 amide bonds. The maximum atomic E-state index is 12.7. The highest BCUT2D eigenvalue weighted by atomic mass is 32.2. The molecule has 1 aromatic heterocycles. The molecule has 0 atom stereocenters. The van der Waals surface area contributed by atoms with Crippen molar-refractivity contribution in [1.29, 1.82) is 0 Å². The fraction of sp³-hybridized carbons (Fsp3) is 0.227. The minimum Gasteiger partial charge on any atom is -0.450 e. The Bertz CT molecular complexity index is 1120. The first-order chi connectivity index (χ1) is 15.9. The molecule has 33 heavy (non-hydrogen) atoms. The van der Waals surface area contributed by atoms with Crippen LogP contribution in [0.1, 0.15) is 28.4 Å². The number of benzene rings is 2. The third kappa shape index (κ3) is 7.58. The summed E-state index contributed by atoms with van der Waals surface area (Å²) >= 11 is 2.31. The van der Waals surface area contributed by atoms with E-state index in [1.165, 1.54) is 11.8 Å². The van der Waals surface area contributed by atoms with Crippen LogP contribution in [0.2, 0.25) is 0 Å². The zero-order valence-electron chi connectivity index (χ0n) is 18.1. The van der Waals surface area contributed by atoms with Crippen LogP contribution < -0.4 is 16.0 Å². The third-order valence-corrected chi connectivity index (χ3v) is 6.21. The monoisotopic (exact) mass is 485 g/mol. The van der Waals surface area contributed by atoms with Crippen LogP contribution in [-0.4, -0.2) is 40.5 Å². The molecule has 172 valence electrons. The van der Waals surface area contributed by atoms with E-state index in [9.17, 15) is 14.4 Å². The second-order valence-electron chi connectivity index (χ2n) is 6.77. The molecular formula is C22H23N5O4S2. The molecule has 0 spiro atoms. The van der Waals surface area contributed by atoms with E-state index in [4.69, 9.17) is 4.74 Å². The number of ether oxygens (including phenoxy) is 1. The molecule has 0 aliphatic rings. The maximum Gasteiger partial charge on any atom is 0.413 e. The van der Waals surface area contributed by atoms with Gasteiger partial charge in [0.2, 0.25) is 11.0 Å². The van der Waals surface area contributed by atoms with E-state index >= 15 is 0 Å². The van der Waals surface area contributed by atoms with Crippen LogP contribution in [0.15, 0.2) is 52.9 Å². The first kappa shape index (κ1) is 24.2. The molecule has 11 heteroatoms. The SMILES string of the molecule is CCOC(=O)Nc1nnc(SCC(=O)Nc2ccccc2C(=O)NCc2ccc(C)cc2)s1. The first-order valence-electron chi connectivity index (χ1n) is 10.1. The van der Waals surface area contributed by atoms with Crippen LogP contribution in [-0.2, 0) is 16.1 Å². The highest BCUT2D eigenvalue weighted by Crippen LogP contribution is 2.26. The number of thioether (sulfide) groups is 1. The zero-order valence-corrected chi connectivity index (χ0v) is 19.7. The van der Waals surface area contributed by atoms with Crippen LogP contribution in [0.3, 0.4) is 0 Å². The Balaban J connectivity index is 1.53. The number of amides is 3. The van der Waals surface area contributed by atoms with Crippen molar-refractivity contribution in [3.63, 3.8) is 0 Å². The van der Waals surface area contributed by atoms with E-state index in [1.807, 2.05) is 31.2 Å². The molecule has 9 nitrogen and oxygen atoms in total. The molecule has 0 unspecified atom stereocenters.